The van der Waals surface area contributed by atoms with Gasteiger partial charge in [0, 0.05) is 10.9 Å². The molecule has 0 spiro atoms. The van der Waals surface area contributed by atoms with E-state index in [9.17, 15) is 4.79 Å². The number of likely N-dealkylation sites (tertiary alicyclic amines) is 1. The van der Waals surface area contributed by atoms with E-state index in [1.54, 1.807) is 6.07 Å². The molecular formula is C16H20N2O2. The van der Waals surface area contributed by atoms with Gasteiger partial charge >= 0.3 is 5.97 Å². The van der Waals surface area contributed by atoms with Gasteiger partial charge in [-0.3, -0.25) is 0 Å². The molecular weight excluding hydrogens is 252 g/mol. The standard InChI is InChI=1S/C16H20N2O2/c1-2-18-7-5-11(6-8-18)12-3-4-14-13(9-12)10-15(17-14)16(19)20/h3-4,9-11,17H,2,5-8H2,1H3,(H,19,20). The number of benzene rings is 1. The number of carboxylic acids is 1. The predicted octanol–water partition coefficient (Wildman–Crippen LogP) is 3.07. The second-order valence-corrected chi connectivity index (χ2v) is 5.54. The van der Waals surface area contributed by atoms with Gasteiger partial charge in [0.1, 0.15) is 5.69 Å². The number of piperidine rings is 1. The number of aromatic nitrogens is 1. The summed E-state index contributed by atoms with van der Waals surface area (Å²) in [6, 6.07) is 8.01. The Kier molecular flexibility index (Phi) is 3.49. The molecule has 0 saturated carbocycles. The highest BCUT2D eigenvalue weighted by molar-refractivity contribution is 5.93. The van der Waals surface area contributed by atoms with Crippen molar-refractivity contribution in [1.82, 2.24) is 9.88 Å². The number of nitrogens with one attached hydrogen (secondary N) is 1. The van der Waals surface area contributed by atoms with Crippen molar-refractivity contribution in [3.63, 3.8) is 0 Å². The zero-order chi connectivity index (χ0) is 14.1. The van der Waals surface area contributed by atoms with E-state index in [2.05, 4.69) is 28.9 Å². The summed E-state index contributed by atoms with van der Waals surface area (Å²) < 4.78 is 0. The fourth-order valence-corrected chi connectivity index (χ4v) is 3.10. The largest absolute Gasteiger partial charge is 0.477 e. The number of fused-ring (bicyclic) bond motifs is 1. The lowest BCUT2D eigenvalue weighted by molar-refractivity contribution is 0.0691. The Morgan fingerprint density at radius 2 is 2.10 bits per heavy atom. The molecule has 1 aromatic heterocycles. The van der Waals surface area contributed by atoms with E-state index >= 15 is 0 Å². The first-order chi connectivity index (χ1) is 9.67. The average molecular weight is 272 g/mol. The molecule has 0 radical (unpaired) electrons. The molecule has 1 aliphatic rings. The van der Waals surface area contributed by atoms with E-state index in [0.717, 1.165) is 30.5 Å². The van der Waals surface area contributed by atoms with E-state index in [1.807, 2.05) is 6.07 Å². The highest BCUT2D eigenvalue weighted by atomic mass is 16.4. The molecule has 20 heavy (non-hydrogen) atoms. The number of hydrogen-bond donors (Lipinski definition) is 2. The number of aromatic amines is 1. The van der Waals surface area contributed by atoms with E-state index in [4.69, 9.17) is 5.11 Å². The predicted molar refractivity (Wildman–Crippen MR) is 79.3 cm³/mol. The molecule has 0 bridgehead atoms. The third kappa shape index (κ3) is 2.43. The Morgan fingerprint density at radius 3 is 2.75 bits per heavy atom. The molecule has 2 N–H and O–H groups in total. The first-order valence-electron chi connectivity index (χ1n) is 7.25. The minimum atomic E-state index is -0.904. The van der Waals surface area contributed by atoms with Gasteiger partial charge in [-0.2, -0.15) is 0 Å². The molecule has 0 atom stereocenters. The van der Waals surface area contributed by atoms with Gasteiger partial charge in [0.05, 0.1) is 0 Å². The third-order valence-corrected chi connectivity index (χ3v) is 4.38. The number of H-pyrrole nitrogens is 1. The summed E-state index contributed by atoms with van der Waals surface area (Å²) in [5, 5.41) is 10.0. The number of nitrogens with zero attached hydrogens (tertiary/aromatic N) is 1. The number of aromatic carboxylic acids is 1. The monoisotopic (exact) mass is 272 g/mol. The van der Waals surface area contributed by atoms with Crippen LogP contribution in [-0.4, -0.2) is 40.6 Å². The molecule has 4 nitrogen and oxygen atoms in total. The van der Waals surface area contributed by atoms with Crippen LogP contribution >= 0.6 is 0 Å². The molecule has 0 unspecified atom stereocenters. The molecule has 1 aromatic carbocycles. The first kappa shape index (κ1) is 13.2. The molecule has 106 valence electrons. The SMILES string of the molecule is CCN1CCC(c2ccc3[nH]c(C(=O)O)cc3c2)CC1. The number of carboxylic acid groups (broad SMARTS) is 1. The Balaban J connectivity index is 1.84. The molecule has 4 heteroatoms. The van der Waals surface area contributed by atoms with Gasteiger partial charge in [0.2, 0.25) is 0 Å². The van der Waals surface area contributed by atoms with Crippen LogP contribution in [0.1, 0.15) is 41.7 Å². The topological polar surface area (TPSA) is 56.3 Å². The summed E-state index contributed by atoms with van der Waals surface area (Å²) in [5.74, 6) is -0.301. The zero-order valence-corrected chi connectivity index (χ0v) is 11.7. The van der Waals surface area contributed by atoms with Crippen molar-refractivity contribution < 1.29 is 9.90 Å². The smallest absolute Gasteiger partial charge is 0.352 e. The van der Waals surface area contributed by atoms with Gasteiger partial charge in [-0.15, -0.1) is 0 Å². The Morgan fingerprint density at radius 1 is 1.35 bits per heavy atom. The van der Waals surface area contributed by atoms with Crippen LogP contribution in [0.25, 0.3) is 10.9 Å². The van der Waals surface area contributed by atoms with Crippen molar-refractivity contribution >= 4 is 16.9 Å². The number of rotatable bonds is 3. The quantitative estimate of drug-likeness (QED) is 0.903. The van der Waals surface area contributed by atoms with Crippen molar-refractivity contribution in [2.45, 2.75) is 25.7 Å². The Labute approximate surface area is 118 Å². The van der Waals surface area contributed by atoms with Gasteiger partial charge in [-0.1, -0.05) is 13.0 Å². The van der Waals surface area contributed by atoms with E-state index in [0.29, 0.717) is 5.92 Å². The molecule has 1 saturated heterocycles. The van der Waals surface area contributed by atoms with Crippen LogP contribution in [-0.2, 0) is 0 Å². The molecule has 0 amide bonds. The summed E-state index contributed by atoms with van der Waals surface area (Å²) in [4.78, 5) is 16.4. The number of carbonyl (C=O) groups is 1. The second kappa shape index (κ2) is 5.29. The van der Waals surface area contributed by atoms with Crippen LogP contribution in [0.5, 0.6) is 0 Å². The maximum absolute atomic E-state index is 11.0. The summed E-state index contributed by atoms with van der Waals surface area (Å²) >= 11 is 0. The van der Waals surface area contributed by atoms with Gasteiger partial charge in [0.15, 0.2) is 0 Å². The molecule has 2 heterocycles. The van der Waals surface area contributed by atoms with Crippen LogP contribution in [0.3, 0.4) is 0 Å². The van der Waals surface area contributed by atoms with Gasteiger partial charge in [-0.05, 0) is 62.2 Å². The van der Waals surface area contributed by atoms with Crippen molar-refractivity contribution in [3.8, 4) is 0 Å². The van der Waals surface area contributed by atoms with E-state index in [1.165, 1.54) is 18.4 Å². The fourth-order valence-electron chi connectivity index (χ4n) is 3.10. The minimum Gasteiger partial charge on any atom is -0.477 e. The fraction of sp³-hybridized carbons (Fsp3) is 0.438. The zero-order valence-electron chi connectivity index (χ0n) is 11.7. The maximum atomic E-state index is 11.0. The van der Waals surface area contributed by atoms with Crippen LogP contribution in [0, 0.1) is 0 Å². The highest BCUT2D eigenvalue weighted by Gasteiger charge is 2.20. The summed E-state index contributed by atoms with van der Waals surface area (Å²) in [6.07, 6.45) is 2.38. The first-order valence-corrected chi connectivity index (χ1v) is 7.25. The van der Waals surface area contributed by atoms with Crippen molar-refractivity contribution in [1.29, 1.82) is 0 Å². The van der Waals surface area contributed by atoms with Gasteiger partial charge < -0.3 is 15.0 Å². The Hall–Kier alpha value is -1.81. The lowest BCUT2D eigenvalue weighted by Gasteiger charge is -2.31. The summed E-state index contributed by atoms with van der Waals surface area (Å²) in [6.45, 7) is 5.66. The minimum absolute atomic E-state index is 0.262. The number of hydrogen-bond acceptors (Lipinski definition) is 2. The lowest BCUT2D eigenvalue weighted by atomic mass is 9.89. The molecule has 1 fully saturated rings. The second-order valence-electron chi connectivity index (χ2n) is 5.54. The van der Waals surface area contributed by atoms with Crippen molar-refractivity contribution in [2.24, 2.45) is 0 Å². The maximum Gasteiger partial charge on any atom is 0.352 e. The van der Waals surface area contributed by atoms with Crippen LogP contribution in [0.2, 0.25) is 0 Å². The van der Waals surface area contributed by atoms with E-state index < -0.39 is 5.97 Å². The molecule has 1 aliphatic heterocycles. The van der Waals surface area contributed by atoms with Gasteiger partial charge in [-0.25, -0.2) is 4.79 Å². The van der Waals surface area contributed by atoms with Crippen LogP contribution < -0.4 is 0 Å². The molecule has 2 aromatic rings. The van der Waals surface area contributed by atoms with Crippen molar-refractivity contribution in [2.75, 3.05) is 19.6 Å². The Bertz CT molecular complexity index is 624. The lowest BCUT2D eigenvalue weighted by Crippen LogP contribution is -2.32. The highest BCUT2D eigenvalue weighted by Crippen LogP contribution is 2.30. The van der Waals surface area contributed by atoms with Crippen molar-refractivity contribution in [3.05, 3.63) is 35.5 Å². The summed E-state index contributed by atoms with van der Waals surface area (Å²) in [5.41, 5.74) is 2.50. The molecule has 0 aliphatic carbocycles. The van der Waals surface area contributed by atoms with Gasteiger partial charge in [0.25, 0.3) is 0 Å². The molecule has 3 rings (SSSR count). The average Bonchev–Trinajstić information content (AvgIpc) is 2.90. The third-order valence-electron chi connectivity index (χ3n) is 4.38. The summed E-state index contributed by atoms with van der Waals surface area (Å²) in [7, 11) is 0. The van der Waals surface area contributed by atoms with E-state index in [-0.39, 0.29) is 5.69 Å². The normalized spacial score (nSPS) is 17.6. The van der Waals surface area contributed by atoms with Crippen LogP contribution in [0.15, 0.2) is 24.3 Å². The van der Waals surface area contributed by atoms with Crippen LogP contribution in [0.4, 0.5) is 0 Å².